The molecule has 0 aromatic heterocycles. The van der Waals surface area contributed by atoms with Crippen LogP contribution in [-0.4, -0.2) is 17.7 Å². The molecule has 2 fully saturated rings. The predicted octanol–water partition coefficient (Wildman–Crippen LogP) is 6.76. The van der Waals surface area contributed by atoms with E-state index in [0.29, 0.717) is 36.0 Å². The number of nitrogens with one attached hydrogen (secondary N) is 1. The fraction of sp³-hybridized carbons (Fsp3) is 0.467. The fourth-order valence-corrected chi connectivity index (χ4v) is 5.69. The Morgan fingerprint density at radius 1 is 1.05 bits per heavy atom. The molecule has 198 valence electrons. The van der Waals surface area contributed by atoms with Gasteiger partial charge < -0.3 is 11.1 Å². The minimum atomic E-state index is -0.774. The van der Waals surface area contributed by atoms with Crippen LogP contribution in [-0.2, 0) is 11.2 Å². The lowest BCUT2D eigenvalue weighted by molar-refractivity contribution is -0.118. The van der Waals surface area contributed by atoms with Gasteiger partial charge in [0.1, 0.15) is 17.3 Å². The number of carbonyl (C=O) groups excluding carboxylic acids is 1. The van der Waals surface area contributed by atoms with Crippen LogP contribution in [0, 0.1) is 35.2 Å². The third-order valence-corrected chi connectivity index (χ3v) is 7.84. The van der Waals surface area contributed by atoms with E-state index in [4.69, 9.17) is 5.73 Å². The van der Waals surface area contributed by atoms with E-state index in [9.17, 15) is 18.0 Å². The normalized spacial score (nSPS) is 25.5. The van der Waals surface area contributed by atoms with Gasteiger partial charge in [-0.3, -0.25) is 4.79 Å². The van der Waals surface area contributed by atoms with Crippen LogP contribution in [0.25, 0.3) is 0 Å². The Bertz CT molecular complexity index is 1180. The van der Waals surface area contributed by atoms with Crippen molar-refractivity contribution in [3.63, 3.8) is 0 Å². The van der Waals surface area contributed by atoms with E-state index in [-0.39, 0.29) is 35.1 Å². The lowest BCUT2D eigenvalue weighted by atomic mass is 9.87. The highest BCUT2D eigenvalue weighted by atomic mass is 19.1. The summed E-state index contributed by atoms with van der Waals surface area (Å²) >= 11 is 0. The van der Waals surface area contributed by atoms with Crippen LogP contribution in [0.4, 0.5) is 18.9 Å². The molecule has 0 heterocycles. The topological polar surface area (TPSA) is 67.5 Å². The van der Waals surface area contributed by atoms with Crippen molar-refractivity contribution in [2.75, 3.05) is 0 Å². The quantitative estimate of drug-likeness (QED) is 0.332. The summed E-state index contributed by atoms with van der Waals surface area (Å²) in [6.07, 6.45) is 6.84. The Morgan fingerprint density at radius 3 is 2.46 bits per heavy atom. The second-order valence-electron chi connectivity index (χ2n) is 10.7. The molecule has 4 nitrogen and oxygen atoms in total. The SMILES string of the molecule is CC1CCC([C@@H](C)NC(=O)/C(N)=C2\CCCCC(Cc3ccc(F)cc3)C2=Nc2ccc(F)cc2F)C1. The van der Waals surface area contributed by atoms with Gasteiger partial charge in [0.05, 0.1) is 11.4 Å². The zero-order chi connectivity index (χ0) is 26.5. The van der Waals surface area contributed by atoms with Crippen LogP contribution in [0.5, 0.6) is 0 Å². The molecule has 0 radical (unpaired) electrons. The van der Waals surface area contributed by atoms with Crippen LogP contribution in [0.2, 0.25) is 0 Å². The van der Waals surface area contributed by atoms with Crippen molar-refractivity contribution >= 4 is 17.3 Å². The number of nitrogens with two attached hydrogens (primary N) is 1. The molecule has 3 N–H and O–H groups in total. The van der Waals surface area contributed by atoms with Gasteiger partial charge in [0, 0.05) is 23.6 Å². The van der Waals surface area contributed by atoms with Gasteiger partial charge in [0.2, 0.25) is 0 Å². The first-order valence-electron chi connectivity index (χ1n) is 13.3. The average molecular weight is 512 g/mol. The summed E-state index contributed by atoms with van der Waals surface area (Å²) in [7, 11) is 0. The number of nitrogens with zero attached hydrogens (tertiary/aromatic N) is 1. The van der Waals surface area contributed by atoms with Crippen molar-refractivity contribution in [2.45, 2.75) is 71.3 Å². The third-order valence-electron chi connectivity index (χ3n) is 7.84. The number of rotatable bonds is 6. The second kappa shape index (κ2) is 12.0. The van der Waals surface area contributed by atoms with Gasteiger partial charge in [-0.05, 0) is 87.1 Å². The highest BCUT2D eigenvalue weighted by Crippen LogP contribution is 2.34. The summed E-state index contributed by atoms with van der Waals surface area (Å²) in [4.78, 5) is 17.9. The Morgan fingerprint density at radius 2 is 1.78 bits per heavy atom. The van der Waals surface area contributed by atoms with E-state index in [1.54, 1.807) is 12.1 Å². The lowest BCUT2D eigenvalue weighted by Gasteiger charge is -2.23. The molecule has 0 bridgehead atoms. The van der Waals surface area contributed by atoms with Crippen LogP contribution in [0.15, 0.2) is 58.7 Å². The molecule has 2 saturated carbocycles. The Kier molecular flexibility index (Phi) is 8.72. The summed E-state index contributed by atoms with van der Waals surface area (Å²) in [5.41, 5.74) is 8.67. The van der Waals surface area contributed by atoms with Gasteiger partial charge >= 0.3 is 0 Å². The maximum Gasteiger partial charge on any atom is 0.267 e. The summed E-state index contributed by atoms with van der Waals surface area (Å²) < 4.78 is 41.7. The zero-order valence-electron chi connectivity index (χ0n) is 21.6. The zero-order valence-corrected chi connectivity index (χ0v) is 21.6. The van der Waals surface area contributed by atoms with Crippen molar-refractivity contribution in [3.8, 4) is 0 Å². The van der Waals surface area contributed by atoms with Crippen LogP contribution in [0.1, 0.15) is 64.4 Å². The van der Waals surface area contributed by atoms with Crippen molar-refractivity contribution in [2.24, 2.45) is 28.5 Å². The van der Waals surface area contributed by atoms with Crippen LogP contribution < -0.4 is 11.1 Å². The molecule has 7 heteroatoms. The largest absolute Gasteiger partial charge is 0.394 e. The van der Waals surface area contributed by atoms with Gasteiger partial charge in [-0.2, -0.15) is 0 Å². The average Bonchev–Trinajstić information content (AvgIpc) is 3.21. The number of allylic oxidation sites excluding steroid dienone is 1. The molecule has 0 aliphatic heterocycles. The molecule has 2 aliphatic carbocycles. The van der Waals surface area contributed by atoms with Gasteiger partial charge in [-0.15, -0.1) is 0 Å². The Balaban J connectivity index is 1.70. The number of carbonyl (C=O) groups is 1. The molecule has 0 saturated heterocycles. The highest BCUT2D eigenvalue weighted by Gasteiger charge is 2.30. The monoisotopic (exact) mass is 511 g/mol. The van der Waals surface area contributed by atoms with Gasteiger partial charge in [-0.1, -0.05) is 31.9 Å². The van der Waals surface area contributed by atoms with Gasteiger partial charge in [0.25, 0.3) is 5.91 Å². The second-order valence-corrected chi connectivity index (χ2v) is 10.7. The van der Waals surface area contributed by atoms with E-state index < -0.39 is 11.6 Å². The number of aliphatic imine (C=N–C) groups is 1. The summed E-state index contributed by atoms with van der Waals surface area (Å²) in [6.45, 7) is 4.25. The summed E-state index contributed by atoms with van der Waals surface area (Å²) in [5, 5.41) is 3.09. The van der Waals surface area contributed by atoms with Crippen molar-refractivity contribution in [1.29, 1.82) is 0 Å². The third kappa shape index (κ3) is 6.82. The number of amides is 1. The molecule has 4 rings (SSSR count). The molecular weight excluding hydrogens is 475 g/mol. The number of hydrogen-bond acceptors (Lipinski definition) is 3. The van der Waals surface area contributed by atoms with Crippen LogP contribution >= 0.6 is 0 Å². The molecular formula is C30H36F3N3O. The first-order valence-corrected chi connectivity index (χ1v) is 13.3. The fourth-order valence-electron chi connectivity index (χ4n) is 5.69. The number of hydrogen-bond donors (Lipinski definition) is 2. The Hall–Kier alpha value is -3.09. The predicted molar refractivity (Wildman–Crippen MR) is 141 cm³/mol. The van der Waals surface area contributed by atoms with Crippen molar-refractivity contribution < 1.29 is 18.0 Å². The van der Waals surface area contributed by atoms with E-state index in [0.717, 1.165) is 56.2 Å². The molecule has 3 unspecified atom stereocenters. The van der Waals surface area contributed by atoms with Gasteiger partial charge in [-0.25, -0.2) is 18.2 Å². The lowest BCUT2D eigenvalue weighted by Crippen LogP contribution is -2.40. The highest BCUT2D eigenvalue weighted by molar-refractivity contribution is 6.09. The first-order chi connectivity index (χ1) is 17.7. The molecule has 1 amide bonds. The number of benzene rings is 2. The Labute approximate surface area is 217 Å². The van der Waals surface area contributed by atoms with Crippen molar-refractivity contribution in [3.05, 3.63) is 76.7 Å². The number of halogens is 3. The van der Waals surface area contributed by atoms with Crippen molar-refractivity contribution in [1.82, 2.24) is 5.32 Å². The van der Waals surface area contributed by atoms with E-state index in [1.807, 2.05) is 6.92 Å². The minimum Gasteiger partial charge on any atom is -0.394 e. The maximum absolute atomic E-state index is 14.7. The van der Waals surface area contributed by atoms with E-state index in [1.165, 1.54) is 18.2 Å². The molecule has 37 heavy (non-hydrogen) atoms. The maximum atomic E-state index is 14.7. The first kappa shape index (κ1) is 27.0. The van der Waals surface area contributed by atoms with E-state index >= 15 is 0 Å². The smallest absolute Gasteiger partial charge is 0.267 e. The molecule has 4 atom stereocenters. The summed E-state index contributed by atoms with van der Waals surface area (Å²) in [5.74, 6) is -1.21. The van der Waals surface area contributed by atoms with E-state index in [2.05, 4.69) is 17.2 Å². The molecule has 2 aliphatic rings. The molecule has 0 spiro atoms. The minimum absolute atomic E-state index is 0.00132. The molecule has 2 aromatic carbocycles. The van der Waals surface area contributed by atoms with Gasteiger partial charge in [0.15, 0.2) is 5.82 Å². The summed E-state index contributed by atoms with van der Waals surface area (Å²) in [6, 6.07) is 9.52. The van der Waals surface area contributed by atoms with Crippen LogP contribution in [0.3, 0.4) is 0 Å². The standard InChI is InChI=1S/C30H36F3N3O/c1-18-7-10-21(15-18)19(2)35-30(37)28(34)25-6-4-3-5-22(16-20-8-11-23(31)12-9-20)29(25)36-27-14-13-24(32)17-26(27)33/h8-9,11-14,17-19,21-22H,3-7,10,15-16,34H2,1-2H3,(H,35,37)/b28-25-,36-29?/t18?,19-,21?,22?/m1/s1. The molecule has 2 aromatic rings.